The van der Waals surface area contributed by atoms with Crippen LogP contribution in [0.25, 0.3) is 0 Å². The first kappa shape index (κ1) is 19.2. The second-order valence-electron chi connectivity index (χ2n) is 6.65. The van der Waals surface area contributed by atoms with Gasteiger partial charge >= 0.3 is 7.42 Å². The van der Waals surface area contributed by atoms with E-state index >= 15 is 0 Å². The summed E-state index contributed by atoms with van der Waals surface area (Å²) < 4.78 is 0. The molecule has 1 radical (unpaired) electrons. The third-order valence-corrected chi connectivity index (χ3v) is 12.3. The Morgan fingerprint density at radius 1 is 0.464 bits per heavy atom. The number of hydrogen-bond acceptors (Lipinski definition) is 0. The zero-order valence-corrected chi connectivity index (χ0v) is 18.7. The summed E-state index contributed by atoms with van der Waals surface area (Å²) in [5.74, 6) is 0. The molecule has 0 spiro atoms. The van der Waals surface area contributed by atoms with E-state index in [9.17, 15) is 0 Å². The molecular weight excluding hydrogens is 415 g/mol. The summed E-state index contributed by atoms with van der Waals surface area (Å²) in [5.41, 5.74) is 0. The van der Waals surface area contributed by atoms with Gasteiger partial charge in [0.25, 0.3) is 0 Å². The molecular formula is C24H19Cl2Si2. The van der Waals surface area contributed by atoms with Gasteiger partial charge in [-0.1, -0.05) is 115 Å². The monoisotopic (exact) mass is 433 g/mol. The van der Waals surface area contributed by atoms with E-state index in [-0.39, 0.29) is 0 Å². The van der Waals surface area contributed by atoms with Gasteiger partial charge in [0.1, 0.15) is 0 Å². The molecule has 0 fully saturated rings. The van der Waals surface area contributed by atoms with E-state index in [0.717, 1.165) is 5.19 Å². The summed E-state index contributed by atoms with van der Waals surface area (Å²) in [6.07, 6.45) is 0. The van der Waals surface area contributed by atoms with E-state index < -0.39 is 15.5 Å². The van der Waals surface area contributed by atoms with Gasteiger partial charge in [-0.2, -0.15) is 0 Å². The van der Waals surface area contributed by atoms with Crippen LogP contribution in [0.2, 0.25) is 0 Å². The standard InChI is InChI=1S/C24H19Cl2Si2/c25-27(26)23-18-10-11-19-24(23)28(20-12-4-1-5-13-20,21-14-6-2-7-15-21)22-16-8-3-9-17-22/h1-19H. The highest BCUT2D eigenvalue weighted by molar-refractivity contribution is 7.41. The first-order chi connectivity index (χ1) is 13.7. The van der Waals surface area contributed by atoms with E-state index in [0.29, 0.717) is 0 Å². The first-order valence-corrected chi connectivity index (χ1v) is 14.7. The average molecular weight is 434 g/mol. The Hall–Kier alpha value is -2.11. The summed E-state index contributed by atoms with van der Waals surface area (Å²) in [6.45, 7) is 0. The molecule has 0 atom stereocenters. The van der Waals surface area contributed by atoms with Gasteiger partial charge in [0.15, 0.2) is 8.07 Å². The van der Waals surface area contributed by atoms with E-state index in [1.807, 2.05) is 6.07 Å². The molecule has 4 aromatic rings. The Morgan fingerprint density at radius 3 is 1.21 bits per heavy atom. The van der Waals surface area contributed by atoms with Crippen molar-refractivity contribution in [1.82, 2.24) is 0 Å². The number of rotatable bonds is 5. The van der Waals surface area contributed by atoms with E-state index in [2.05, 4.69) is 109 Å². The highest BCUT2D eigenvalue weighted by atomic mass is 35.7. The van der Waals surface area contributed by atoms with E-state index in [4.69, 9.17) is 22.2 Å². The first-order valence-electron chi connectivity index (χ1n) is 9.19. The average Bonchev–Trinajstić information content (AvgIpc) is 2.77. The summed E-state index contributed by atoms with van der Waals surface area (Å²) >= 11 is 13.1. The number of halogens is 2. The lowest BCUT2D eigenvalue weighted by molar-refractivity contribution is 1.67. The predicted molar refractivity (Wildman–Crippen MR) is 127 cm³/mol. The summed E-state index contributed by atoms with van der Waals surface area (Å²) in [7, 11) is -4.22. The Balaban J connectivity index is 2.18. The quantitative estimate of drug-likeness (QED) is 0.257. The highest BCUT2D eigenvalue weighted by Gasteiger charge is 2.43. The zero-order chi connectivity index (χ0) is 19.4. The lowest BCUT2D eigenvalue weighted by Crippen LogP contribution is -2.77. The Kier molecular flexibility index (Phi) is 5.83. The molecule has 4 rings (SSSR count). The third kappa shape index (κ3) is 3.38. The fourth-order valence-corrected chi connectivity index (χ4v) is 11.8. The Morgan fingerprint density at radius 2 is 0.821 bits per heavy atom. The van der Waals surface area contributed by atoms with Gasteiger partial charge < -0.3 is 0 Å². The van der Waals surface area contributed by atoms with Crippen LogP contribution in [0, 0.1) is 0 Å². The topological polar surface area (TPSA) is 0 Å². The van der Waals surface area contributed by atoms with Gasteiger partial charge in [0, 0.05) is 0 Å². The fourth-order valence-electron chi connectivity index (χ4n) is 4.01. The minimum atomic E-state index is -2.55. The molecule has 28 heavy (non-hydrogen) atoms. The molecule has 137 valence electrons. The molecule has 0 N–H and O–H groups in total. The molecule has 0 unspecified atom stereocenters. The van der Waals surface area contributed by atoms with Crippen molar-refractivity contribution in [3.8, 4) is 0 Å². The Labute approximate surface area is 178 Å². The largest absolute Gasteiger partial charge is 0.307 e. The van der Waals surface area contributed by atoms with Crippen LogP contribution in [-0.4, -0.2) is 15.5 Å². The van der Waals surface area contributed by atoms with Gasteiger partial charge in [-0.15, -0.1) is 22.2 Å². The maximum absolute atomic E-state index is 6.57. The molecule has 4 aromatic carbocycles. The van der Waals surface area contributed by atoms with Gasteiger partial charge in [0.05, 0.1) is 0 Å². The number of hydrogen-bond donors (Lipinski definition) is 0. The normalized spacial score (nSPS) is 11.5. The molecule has 0 heterocycles. The SMILES string of the molecule is Cl[Si](Cl)c1ccccc1[Si](c1ccccc1)(c1ccccc1)c1ccccc1. The van der Waals surface area contributed by atoms with Crippen molar-refractivity contribution < 1.29 is 0 Å². The summed E-state index contributed by atoms with van der Waals surface area (Å²) in [5, 5.41) is 6.35. The van der Waals surface area contributed by atoms with Crippen molar-refractivity contribution in [2.75, 3.05) is 0 Å². The molecule has 0 aliphatic heterocycles. The molecule has 0 aliphatic carbocycles. The van der Waals surface area contributed by atoms with Crippen LogP contribution in [0.3, 0.4) is 0 Å². The van der Waals surface area contributed by atoms with Crippen LogP contribution in [-0.2, 0) is 0 Å². The zero-order valence-electron chi connectivity index (χ0n) is 15.2. The molecule has 0 saturated heterocycles. The van der Waals surface area contributed by atoms with E-state index in [1.54, 1.807) is 0 Å². The molecule has 4 heteroatoms. The smallest absolute Gasteiger partial charge is 0.140 e. The molecule has 0 nitrogen and oxygen atoms in total. The molecule has 0 amide bonds. The molecule has 0 bridgehead atoms. The van der Waals surface area contributed by atoms with Crippen molar-refractivity contribution in [2.24, 2.45) is 0 Å². The van der Waals surface area contributed by atoms with Crippen molar-refractivity contribution in [3.63, 3.8) is 0 Å². The molecule has 0 saturated carbocycles. The van der Waals surface area contributed by atoms with Crippen molar-refractivity contribution >= 4 is 63.6 Å². The second kappa shape index (κ2) is 8.50. The Bertz CT molecular complexity index is 939. The minimum Gasteiger partial charge on any atom is -0.140 e. The van der Waals surface area contributed by atoms with Crippen molar-refractivity contribution in [3.05, 3.63) is 115 Å². The van der Waals surface area contributed by atoms with Crippen LogP contribution in [0.5, 0.6) is 0 Å². The molecule has 0 aliphatic rings. The van der Waals surface area contributed by atoms with Crippen LogP contribution in [0.1, 0.15) is 0 Å². The number of benzene rings is 4. The van der Waals surface area contributed by atoms with Crippen LogP contribution >= 0.6 is 22.2 Å². The van der Waals surface area contributed by atoms with Crippen LogP contribution in [0.4, 0.5) is 0 Å². The van der Waals surface area contributed by atoms with Crippen LogP contribution < -0.4 is 25.9 Å². The maximum atomic E-state index is 6.57. The predicted octanol–water partition coefficient (Wildman–Crippen LogP) is 3.24. The lowest BCUT2D eigenvalue weighted by Gasteiger charge is -2.36. The second-order valence-corrected chi connectivity index (χ2v) is 14.3. The summed E-state index contributed by atoms with van der Waals surface area (Å²) in [6, 6.07) is 40.9. The summed E-state index contributed by atoms with van der Waals surface area (Å²) in [4.78, 5) is 0. The van der Waals surface area contributed by atoms with Gasteiger partial charge in [-0.25, -0.2) is 0 Å². The van der Waals surface area contributed by atoms with Gasteiger partial charge in [-0.05, 0) is 25.9 Å². The highest BCUT2D eigenvalue weighted by Crippen LogP contribution is 2.10. The van der Waals surface area contributed by atoms with Gasteiger partial charge in [0.2, 0.25) is 0 Å². The van der Waals surface area contributed by atoms with Gasteiger partial charge in [-0.3, -0.25) is 0 Å². The third-order valence-electron chi connectivity index (χ3n) is 5.16. The minimum absolute atomic E-state index is 1.08. The molecule has 0 aromatic heterocycles. The lowest BCUT2D eigenvalue weighted by atomic mass is 10.3. The van der Waals surface area contributed by atoms with Crippen LogP contribution in [0.15, 0.2) is 115 Å². The van der Waals surface area contributed by atoms with Crippen molar-refractivity contribution in [1.29, 1.82) is 0 Å². The van der Waals surface area contributed by atoms with Crippen molar-refractivity contribution in [2.45, 2.75) is 0 Å². The maximum Gasteiger partial charge on any atom is 0.307 e. The van der Waals surface area contributed by atoms with E-state index in [1.165, 1.54) is 20.7 Å². The fraction of sp³-hybridized carbons (Fsp3) is 0.